The van der Waals surface area contributed by atoms with Crippen LogP contribution in [-0.2, 0) is 4.79 Å². The molecule has 0 bridgehead atoms. The van der Waals surface area contributed by atoms with E-state index >= 15 is 0 Å². The predicted molar refractivity (Wildman–Crippen MR) is 55.9 cm³/mol. The van der Waals surface area contributed by atoms with Gasteiger partial charge in [-0.3, -0.25) is 0 Å². The Morgan fingerprint density at radius 3 is 2.71 bits per heavy atom. The van der Waals surface area contributed by atoms with Crippen LogP contribution in [0.15, 0.2) is 24.3 Å². The average molecular weight is 196 g/mol. The predicted octanol–water partition coefficient (Wildman–Crippen LogP) is 2.30. The number of benzene rings is 1. The van der Waals surface area contributed by atoms with Crippen LogP contribution in [0.4, 0.5) is 0 Å². The molecule has 0 amide bonds. The smallest absolute Gasteiger partial charge is 0.123 e. The lowest BCUT2D eigenvalue weighted by Gasteiger charge is -2.05. The van der Waals surface area contributed by atoms with E-state index in [9.17, 15) is 4.79 Å². The number of methoxy groups -OCH3 is 1. The van der Waals surface area contributed by atoms with Crippen molar-refractivity contribution < 1.29 is 14.3 Å². The van der Waals surface area contributed by atoms with Crippen LogP contribution in [0.25, 0.3) is 0 Å². The van der Waals surface area contributed by atoms with Crippen molar-refractivity contribution in [2.45, 2.75) is 13.8 Å². The molecule has 0 unspecified atom stereocenters. The van der Waals surface area contributed by atoms with E-state index in [0.717, 1.165) is 17.8 Å². The van der Waals surface area contributed by atoms with E-state index in [1.165, 1.54) is 0 Å². The summed E-state index contributed by atoms with van der Waals surface area (Å²) in [7, 11) is 1.60. The SMILES string of the molecule is C.COc1cccc(OCCC=O)c1. The molecule has 3 heteroatoms. The topological polar surface area (TPSA) is 35.5 Å². The quantitative estimate of drug-likeness (QED) is 0.535. The Morgan fingerprint density at radius 2 is 2.07 bits per heavy atom. The molecule has 0 N–H and O–H groups in total. The largest absolute Gasteiger partial charge is 0.497 e. The van der Waals surface area contributed by atoms with Crippen molar-refractivity contribution in [1.82, 2.24) is 0 Å². The van der Waals surface area contributed by atoms with Gasteiger partial charge in [-0.05, 0) is 12.1 Å². The van der Waals surface area contributed by atoms with Crippen LogP contribution in [0.5, 0.6) is 11.5 Å². The van der Waals surface area contributed by atoms with Gasteiger partial charge in [-0.15, -0.1) is 0 Å². The van der Waals surface area contributed by atoms with Crippen LogP contribution in [0.1, 0.15) is 13.8 Å². The van der Waals surface area contributed by atoms with Crippen LogP contribution in [0.3, 0.4) is 0 Å². The minimum atomic E-state index is 0. The summed E-state index contributed by atoms with van der Waals surface area (Å²) in [5.74, 6) is 1.48. The van der Waals surface area contributed by atoms with Crippen LogP contribution >= 0.6 is 0 Å². The van der Waals surface area contributed by atoms with E-state index in [4.69, 9.17) is 9.47 Å². The third kappa shape index (κ3) is 3.94. The van der Waals surface area contributed by atoms with Crippen molar-refractivity contribution in [2.24, 2.45) is 0 Å². The highest BCUT2D eigenvalue weighted by atomic mass is 16.5. The van der Waals surface area contributed by atoms with Gasteiger partial charge < -0.3 is 14.3 Å². The van der Waals surface area contributed by atoms with E-state index in [1.54, 1.807) is 13.2 Å². The maximum atomic E-state index is 10.0. The molecule has 0 saturated carbocycles. The van der Waals surface area contributed by atoms with E-state index in [0.29, 0.717) is 13.0 Å². The Hall–Kier alpha value is -1.51. The van der Waals surface area contributed by atoms with E-state index in [-0.39, 0.29) is 7.43 Å². The zero-order chi connectivity index (χ0) is 9.52. The summed E-state index contributed by atoms with van der Waals surface area (Å²) in [6, 6.07) is 7.29. The molecule has 0 spiro atoms. The van der Waals surface area contributed by atoms with Gasteiger partial charge >= 0.3 is 0 Å². The van der Waals surface area contributed by atoms with Gasteiger partial charge in [0, 0.05) is 12.5 Å². The van der Waals surface area contributed by atoms with Crippen molar-refractivity contribution in [3.8, 4) is 11.5 Å². The Bertz CT molecular complexity index is 271. The molecule has 0 aliphatic heterocycles. The maximum Gasteiger partial charge on any atom is 0.123 e. The van der Waals surface area contributed by atoms with Gasteiger partial charge in [0.1, 0.15) is 17.8 Å². The Labute approximate surface area is 84.7 Å². The first-order valence-electron chi connectivity index (χ1n) is 4.07. The van der Waals surface area contributed by atoms with Gasteiger partial charge in [0.25, 0.3) is 0 Å². The molecule has 0 radical (unpaired) electrons. The number of rotatable bonds is 5. The Kier molecular flexibility index (Phi) is 6.20. The fourth-order valence-corrected chi connectivity index (χ4v) is 0.916. The Balaban J connectivity index is 0.00000169. The van der Waals surface area contributed by atoms with Crippen LogP contribution < -0.4 is 9.47 Å². The van der Waals surface area contributed by atoms with Crippen molar-refractivity contribution >= 4 is 6.29 Å². The molecule has 1 aromatic carbocycles. The van der Waals surface area contributed by atoms with Gasteiger partial charge in [0.05, 0.1) is 13.7 Å². The third-order valence-corrected chi connectivity index (χ3v) is 1.55. The number of hydrogen-bond donors (Lipinski definition) is 0. The molecule has 78 valence electrons. The number of carbonyl (C=O) groups excluding carboxylic acids is 1. The van der Waals surface area contributed by atoms with Gasteiger partial charge in [-0.25, -0.2) is 0 Å². The zero-order valence-corrected chi connectivity index (χ0v) is 7.53. The number of carbonyl (C=O) groups is 1. The lowest BCUT2D eigenvalue weighted by molar-refractivity contribution is -0.108. The number of aldehydes is 1. The molecule has 0 atom stereocenters. The first-order valence-corrected chi connectivity index (χ1v) is 4.07. The van der Waals surface area contributed by atoms with Gasteiger partial charge in [-0.2, -0.15) is 0 Å². The van der Waals surface area contributed by atoms with Gasteiger partial charge in [0.2, 0.25) is 0 Å². The molecule has 0 saturated heterocycles. The lowest BCUT2D eigenvalue weighted by Crippen LogP contribution is -1.97. The van der Waals surface area contributed by atoms with Crippen LogP contribution in [0.2, 0.25) is 0 Å². The second-order valence-electron chi connectivity index (χ2n) is 2.48. The van der Waals surface area contributed by atoms with E-state index < -0.39 is 0 Å². The highest BCUT2D eigenvalue weighted by Crippen LogP contribution is 2.18. The number of hydrogen-bond acceptors (Lipinski definition) is 3. The summed E-state index contributed by atoms with van der Waals surface area (Å²) in [5.41, 5.74) is 0. The first-order chi connectivity index (χ1) is 6.36. The molecular weight excluding hydrogens is 180 g/mol. The van der Waals surface area contributed by atoms with Crippen molar-refractivity contribution in [3.05, 3.63) is 24.3 Å². The molecule has 14 heavy (non-hydrogen) atoms. The van der Waals surface area contributed by atoms with Crippen molar-refractivity contribution in [3.63, 3.8) is 0 Å². The fourth-order valence-electron chi connectivity index (χ4n) is 0.916. The molecule has 0 fully saturated rings. The van der Waals surface area contributed by atoms with Gasteiger partial charge in [0.15, 0.2) is 0 Å². The van der Waals surface area contributed by atoms with Crippen molar-refractivity contribution in [2.75, 3.05) is 13.7 Å². The van der Waals surface area contributed by atoms with Gasteiger partial charge in [-0.1, -0.05) is 13.5 Å². The third-order valence-electron chi connectivity index (χ3n) is 1.55. The molecule has 0 heterocycles. The summed E-state index contributed by atoms with van der Waals surface area (Å²) in [5, 5.41) is 0. The summed E-state index contributed by atoms with van der Waals surface area (Å²) in [6.07, 6.45) is 1.25. The van der Waals surface area contributed by atoms with Crippen molar-refractivity contribution in [1.29, 1.82) is 0 Å². The molecule has 3 nitrogen and oxygen atoms in total. The standard InChI is InChI=1S/C10H12O3.CH4/c1-12-9-4-2-5-10(8-9)13-7-3-6-11;/h2,4-6,8H,3,7H2,1H3;1H4. The summed E-state index contributed by atoms with van der Waals surface area (Å²) >= 11 is 0. The molecule has 0 aliphatic carbocycles. The lowest BCUT2D eigenvalue weighted by atomic mass is 10.3. The molecular formula is C11H16O3. The van der Waals surface area contributed by atoms with Crippen LogP contribution in [-0.4, -0.2) is 20.0 Å². The number of ether oxygens (including phenoxy) is 2. The average Bonchev–Trinajstić information content (AvgIpc) is 2.19. The monoisotopic (exact) mass is 196 g/mol. The molecule has 1 rings (SSSR count). The maximum absolute atomic E-state index is 10.0. The first kappa shape index (κ1) is 12.5. The molecule has 0 aromatic heterocycles. The molecule has 0 aliphatic rings. The summed E-state index contributed by atoms with van der Waals surface area (Å²) in [6.45, 7) is 0.413. The molecule has 1 aromatic rings. The minimum Gasteiger partial charge on any atom is -0.497 e. The van der Waals surface area contributed by atoms with E-state index in [2.05, 4.69) is 0 Å². The van der Waals surface area contributed by atoms with Crippen LogP contribution in [0, 0.1) is 0 Å². The zero-order valence-electron chi connectivity index (χ0n) is 7.53. The Morgan fingerprint density at radius 1 is 1.36 bits per heavy atom. The second kappa shape index (κ2) is 6.95. The second-order valence-corrected chi connectivity index (χ2v) is 2.48. The minimum absolute atomic E-state index is 0. The summed E-state index contributed by atoms with van der Waals surface area (Å²) in [4.78, 5) is 10.0. The highest BCUT2D eigenvalue weighted by molar-refractivity contribution is 5.49. The summed E-state index contributed by atoms with van der Waals surface area (Å²) < 4.78 is 10.3. The van der Waals surface area contributed by atoms with E-state index in [1.807, 2.05) is 18.2 Å². The normalized spacial score (nSPS) is 8.64. The highest BCUT2D eigenvalue weighted by Gasteiger charge is 1.95. The fraction of sp³-hybridized carbons (Fsp3) is 0.364.